The molecule has 0 aromatic heterocycles. The number of carbonyl (C=O) groups excluding carboxylic acids is 2. The largest absolute Gasteiger partial charge is 0.444 e. The van der Waals surface area contributed by atoms with Crippen molar-refractivity contribution >= 4 is 27.9 Å². The van der Waals surface area contributed by atoms with E-state index >= 15 is 0 Å². The van der Waals surface area contributed by atoms with E-state index in [4.69, 9.17) is 4.74 Å². The molecule has 1 heterocycles. The Bertz CT molecular complexity index is 734. The summed E-state index contributed by atoms with van der Waals surface area (Å²) >= 11 is 3.48. The third-order valence-corrected chi connectivity index (χ3v) is 5.51. The Labute approximate surface area is 167 Å². The van der Waals surface area contributed by atoms with Gasteiger partial charge >= 0.3 is 6.09 Å². The van der Waals surface area contributed by atoms with E-state index in [9.17, 15) is 14.0 Å². The first-order valence-electron chi connectivity index (χ1n) is 9.35. The lowest BCUT2D eigenvalue weighted by atomic mass is 9.92. The van der Waals surface area contributed by atoms with E-state index in [2.05, 4.69) is 27.3 Å². The van der Waals surface area contributed by atoms with Gasteiger partial charge in [0, 0.05) is 16.9 Å². The second kappa shape index (κ2) is 7.78. The van der Waals surface area contributed by atoms with Gasteiger partial charge in [-0.25, -0.2) is 9.18 Å². The summed E-state index contributed by atoms with van der Waals surface area (Å²) in [6.45, 7) is 5.80. The fourth-order valence-corrected chi connectivity index (χ4v) is 4.26. The molecule has 2 aliphatic rings. The summed E-state index contributed by atoms with van der Waals surface area (Å²) in [5.74, 6) is -0.381. The lowest BCUT2D eigenvalue weighted by molar-refractivity contribution is -0.133. The van der Waals surface area contributed by atoms with E-state index in [-0.39, 0.29) is 18.4 Å². The Morgan fingerprint density at radius 3 is 2.70 bits per heavy atom. The molecule has 3 atom stereocenters. The van der Waals surface area contributed by atoms with Gasteiger partial charge in [-0.3, -0.25) is 4.79 Å². The van der Waals surface area contributed by atoms with Gasteiger partial charge in [0.15, 0.2) is 0 Å². The average molecular weight is 441 g/mol. The van der Waals surface area contributed by atoms with E-state index in [1.165, 1.54) is 10.5 Å². The molecule has 1 aromatic carbocycles. The van der Waals surface area contributed by atoms with E-state index in [0.717, 1.165) is 22.9 Å². The molecule has 1 fully saturated rings. The molecule has 0 bridgehead atoms. The van der Waals surface area contributed by atoms with Crippen LogP contribution in [0.3, 0.4) is 0 Å². The van der Waals surface area contributed by atoms with Gasteiger partial charge < -0.3 is 15.0 Å². The zero-order chi connectivity index (χ0) is 19.8. The van der Waals surface area contributed by atoms with Gasteiger partial charge in [0.25, 0.3) is 0 Å². The molecule has 2 amide bonds. The van der Waals surface area contributed by atoms with Crippen LogP contribution in [0.2, 0.25) is 0 Å². The van der Waals surface area contributed by atoms with Crippen molar-refractivity contribution in [3.63, 3.8) is 0 Å². The molecule has 1 N–H and O–H groups in total. The van der Waals surface area contributed by atoms with Crippen LogP contribution in [0.1, 0.15) is 50.7 Å². The van der Waals surface area contributed by atoms with Gasteiger partial charge in [0.2, 0.25) is 5.91 Å². The number of likely N-dealkylation sites (tertiary alicyclic amines) is 1. The third-order valence-electron chi connectivity index (χ3n) is 5.01. The monoisotopic (exact) mass is 440 g/mol. The SMILES string of the molecule is CC(C)(C)OC(=O)N[C@H](C(=O)N1CCC(F)C1)C1CCc2cc(Br)ccc21. The molecule has 27 heavy (non-hydrogen) atoms. The standard InChI is InChI=1S/C20H26BrFN2O3/c1-20(2,3)27-19(26)23-17(18(25)24-9-8-14(22)11-24)16-6-4-12-10-13(21)5-7-15(12)16/h5,7,10,14,16-17H,4,6,8-9,11H2,1-3H3,(H,23,26)/t14?,16?,17-/m0/s1. The molecule has 2 unspecified atom stereocenters. The minimum absolute atomic E-state index is 0.0885. The highest BCUT2D eigenvalue weighted by atomic mass is 79.9. The van der Waals surface area contributed by atoms with Crippen LogP contribution in [0.4, 0.5) is 9.18 Å². The molecule has 0 saturated carbocycles. The van der Waals surface area contributed by atoms with Gasteiger partial charge in [-0.1, -0.05) is 22.0 Å². The number of aryl methyl sites for hydroxylation is 1. The first-order chi connectivity index (χ1) is 12.6. The van der Waals surface area contributed by atoms with Crippen LogP contribution in [-0.2, 0) is 16.0 Å². The number of nitrogens with one attached hydrogen (secondary N) is 1. The second-order valence-electron chi connectivity index (χ2n) is 8.28. The molecule has 1 aliphatic carbocycles. The number of hydrogen-bond acceptors (Lipinski definition) is 3. The topological polar surface area (TPSA) is 58.6 Å². The lowest BCUT2D eigenvalue weighted by Gasteiger charge is -2.30. The number of carbonyl (C=O) groups is 2. The van der Waals surface area contributed by atoms with Crippen LogP contribution in [0.15, 0.2) is 22.7 Å². The fraction of sp³-hybridized carbons (Fsp3) is 0.600. The van der Waals surface area contributed by atoms with E-state index in [1.54, 1.807) is 20.8 Å². The number of hydrogen-bond donors (Lipinski definition) is 1. The van der Waals surface area contributed by atoms with E-state index in [1.807, 2.05) is 12.1 Å². The maximum Gasteiger partial charge on any atom is 0.408 e. The van der Waals surface area contributed by atoms with Crippen LogP contribution in [-0.4, -0.2) is 47.8 Å². The predicted molar refractivity (Wildman–Crippen MR) is 104 cm³/mol. The van der Waals surface area contributed by atoms with Crippen LogP contribution in [0.25, 0.3) is 0 Å². The molecule has 7 heteroatoms. The smallest absolute Gasteiger partial charge is 0.408 e. The average Bonchev–Trinajstić information content (AvgIpc) is 3.16. The van der Waals surface area contributed by atoms with E-state index in [0.29, 0.717) is 13.0 Å². The minimum Gasteiger partial charge on any atom is -0.444 e. The van der Waals surface area contributed by atoms with E-state index < -0.39 is 23.9 Å². The van der Waals surface area contributed by atoms with Crippen LogP contribution in [0.5, 0.6) is 0 Å². The maximum absolute atomic E-state index is 13.6. The molecule has 1 aliphatic heterocycles. The zero-order valence-electron chi connectivity index (χ0n) is 15.9. The summed E-state index contributed by atoms with van der Waals surface area (Å²) in [4.78, 5) is 27.0. The number of fused-ring (bicyclic) bond motifs is 1. The Balaban J connectivity index is 1.84. The Morgan fingerprint density at radius 1 is 1.33 bits per heavy atom. The second-order valence-corrected chi connectivity index (χ2v) is 9.20. The highest BCUT2D eigenvalue weighted by Crippen LogP contribution is 2.38. The zero-order valence-corrected chi connectivity index (χ0v) is 17.5. The van der Waals surface area contributed by atoms with Gasteiger partial charge in [-0.05, 0) is 63.3 Å². The van der Waals surface area contributed by atoms with Crippen molar-refractivity contribution in [2.75, 3.05) is 13.1 Å². The molecule has 5 nitrogen and oxygen atoms in total. The lowest BCUT2D eigenvalue weighted by Crippen LogP contribution is -2.51. The quantitative estimate of drug-likeness (QED) is 0.773. The van der Waals surface area contributed by atoms with Crippen molar-refractivity contribution in [2.45, 2.75) is 63.8 Å². The van der Waals surface area contributed by atoms with Crippen LogP contribution < -0.4 is 5.32 Å². The van der Waals surface area contributed by atoms with Crippen molar-refractivity contribution in [1.82, 2.24) is 10.2 Å². The van der Waals surface area contributed by atoms with Gasteiger partial charge in [-0.15, -0.1) is 0 Å². The predicted octanol–water partition coefficient (Wildman–Crippen LogP) is 3.94. The highest BCUT2D eigenvalue weighted by Gasteiger charge is 2.40. The number of halogens is 2. The first kappa shape index (κ1) is 20.1. The molecule has 1 saturated heterocycles. The summed E-state index contributed by atoms with van der Waals surface area (Å²) in [6.07, 6.45) is 0.319. The molecule has 0 radical (unpaired) electrons. The number of benzene rings is 1. The molecular formula is C20H26BrFN2O3. The number of alkyl halides is 1. The maximum atomic E-state index is 13.6. The van der Waals surface area contributed by atoms with Crippen molar-refractivity contribution < 1.29 is 18.7 Å². The number of alkyl carbamates (subject to hydrolysis) is 1. The molecule has 3 rings (SSSR count). The summed E-state index contributed by atoms with van der Waals surface area (Å²) < 4.78 is 20.0. The number of rotatable bonds is 3. The molecule has 148 valence electrons. The first-order valence-corrected chi connectivity index (χ1v) is 10.1. The van der Waals surface area contributed by atoms with Gasteiger partial charge in [-0.2, -0.15) is 0 Å². The van der Waals surface area contributed by atoms with Crippen molar-refractivity contribution in [2.24, 2.45) is 0 Å². The van der Waals surface area contributed by atoms with Crippen LogP contribution >= 0.6 is 15.9 Å². The normalized spacial score (nSPS) is 23.1. The third kappa shape index (κ3) is 4.81. The summed E-state index contributed by atoms with van der Waals surface area (Å²) in [6, 6.07) is 5.24. The molecular weight excluding hydrogens is 415 g/mol. The summed E-state index contributed by atoms with van der Waals surface area (Å²) in [5, 5.41) is 2.78. The number of ether oxygens (including phenoxy) is 1. The summed E-state index contributed by atoms with van der Waals surface area (Å²) in [7, 11) is 0. The Morgan fingerprint density at radius 2 is 2.07 bits per heavy atom. The van der Waals surface area contributed by atoms with Crippen molar-refractivity contribution in [1.29, 1.82) is 0 Å². The number of amides is 2. The fourth-order valence-electron chi connectivity index (χ4n) is 3.85. The number of nitrogens with zero attached hydrogens (tertiary/aromatic N) is 1. The highest BCUT2D eigenvalue weighted by molar-refractivity contribution is 9.10. The Kier molecular flexibility index (Phi) is 5.79. The Hall–Kier alpha value is -1.63. The molecule has 1 aromatic rings. The van der Waals surface area contributed by atoms with Crippen LogP contribution in [0, 0.1) is 0 Å². The minimum atomic E-state index is -0.997. The van der Waals surface area contributed by atoms with Gasteiger partial charge in [0.05, 0.1) is 6.54 Å². The molecule has 0 spiro atoms. The van der Waals surface area contributed by atoms with Crippen molar-refractivity contribution in [3.05, 3.63) is 33.8 Å². The van der Waals surface area contributed by atoms with Crippen molar-refractivity contribution in [3.8, 4) is 0 Å². The summed E-state index contributed by atoms with van der Waals surface area (Å²) in [5.41, 5.74) is 1.57. The van der Waals surface area contributed by atoms with Gasteiger partial charge in [0.1, 0.15) is 17.8 Å².